The normalized spacial score (nSPS) is 11.5. The van der Waals surface area contributed by atoms with Crippen LogP contribution in [0.5, 0.6) is 0 Å². The van der Waals surface area contributed by atoms with Gasteiger partial charge in [0.05, 0.1) is 4.47 Å². The molecule has 88 valence electrons. The van der Waals surface area contributed by atoms with E-state index in [0.717, 1.165) is 0 Å². The maximum absolute atomic E-state index is 13.1. The van der Waals surface area contributed by atoms with Crippen LogP contribution in [0.4, 0.5) is 10.1 Å². The molecule has 0 aliphatic rings. The maximum atomic E-state index is 13.1. The number of rotatable bonds is 5. The summed E-state index contributed by atoms with van der Waals surface area (Å²) in [5, 5.41) is 14.2. The summed E-state index contributed by atoms with van der Waals surface area (Å²) < 4.78 is 13.6. The van der Waals surface area contributed by atoms with E-state index in [2.05, 4.69) is 26.4 Å². The molecule has 0 aromatic heterocycles. The van der Waals surface area contributed by atoms with Crippen molar-refractivity contribution in [3.63, 3.8) is 0 Å². The molecule has 1 aromatic carbocycles. The number of nitrogens with zero attached hydrogens (tertiary/aromatic N) is 1. The summed E-state index contributed by atoms with van der Waals surface area (Å²) in [6.45, 7) is 0.636. The van der Waals surface area contributed by atoms with Crippen LogP contribution in [-0.4, -0.2) is 17.6 Å². The van der Waals surface area contributed by atoms with E-state index in [1.165, 1.54) is 6.07 Å². The zero-order valence-corrected chi connectivity index (χ0v) is 10.2. The van der Waals surface area contributed by atoms with Gasteiger partial charge in [-0.3, -0.25) is 0 Å². The third kappa shape index (κ3) is 4.06. The summed E-state index contributed by atoms with van der Waals surface area (Å²) in [7, 11) is 0. The summed E-state index contributed by atoms with van der Waals surface area (Å²) in [6.07, 6.45) is 1.22. The summed E-state index contributed by atoms with van der Waals surface area (Å²) in [6, 6.07) is 4.82. The van der Waals surface area contributed by atoms with Crippen LogP contribution in [0.1, 0.15) is 12.8 Å². The van der Waals surface area contributed by atoms with Crippen LogP contribution in [0.25, 0.3) is 0 Å². The Hall–Kier alpha value is -1.30. The number of nitrogens with two attached hydrogens (primary N) is 1. The van der Waals surface area contributed by atoms with Gasteiger partial charge in [-0.1, -0.05) is 5.16 Å². The maximum Gasteiger partial charge on any atom is 0.139 e. The smallest absolute Gasteiger partial charge is 0.139 e. The molecule has 4 N–H and O–H groups in total. The topological polar surface area (TPSA) is 70.6 Å². The number of oxime groups is 1. The molecule has 0 spiro atoms. The number of amidine groups is 1. The lowest BCUT2D eigenvalue weighted by molar-refractivity contribution is 0.316. The number of anilines is 1. The average molecular weight is 290 g/mol. The molecule has 0 aliphatic carbocycles. The fourth-order valence-electron chi connectivity index (χ4n) is 1.16. The van der Waals surface area contributed by atoms with Crippen LogP contribution >= 0.6 is 15.9 Å². The third-order valence-electron chi connectivity index (χ3n) is 1.99. The minimum Gasteiger partial charge on any atom is -0.409 e. The second-order valence-electron chi connectivity index (χ2n) is 3.25. The summed E-state index contributed by atoms with van der Waals surface area (Å²) >= 11 is 3.08. The van der Waals surface area contributed by atoms with Crippen molar-refractivity contribution in [3.8, 4) is 0 Å². The van der Waals surface area contributed by atoms with Crippen molar-refractivity contribution in [2.45, 2.75) is 12.8 Å². The van der Waals surface area contributed by atoms with E-state index in [9.17, 15) is 4.39 Å². The Morgan fingerprint density at radius 1 is 1.56 bits per heavy atom. The Morgan fingerprint density at radius 2 is 2.31 bits per heavy atom. The molecule has 0 radical (unpaired) electrons. The van der Waals surface area contributed by atoms with Crippen molar-refractivity contribution in [1.29, 1.82) is 0 Å². The van der Waals surface area contributed by atoms with Gasteiger partial charge in [0.25, 0.3) is 0 Å². The van der Waals surface area contributed by atoms with Gasteiger partial charge in [0.2, 0.25) is 0 Å². The highest BCUT2D eigenvalue weighted by Crippen LogP contribution is 2.19. The highest BCUT2D eigenvalue weighted by atomic mass is 79.9. The lowest BCUT2D eigenvalue weighted by Gasteiger charge is -2.06. The van der Waals surface area contributed by atoms with Crippen molar-refractivity contribution in [2.24, 2.45) is 10.9 Å². The lowest BCUT2D eigenvalue weighted by atomic mass is 10.2. The first-order valence-electron chi connectivity index (χ1n) is 4.79. The number of nitrogens with one attached hydrogen (secondary N) is 1. The van der Waals surface area contributed by atoms with Crippen molar-refractivity contribution >= 4 is 27.5 Å². The standard InChI is InChI=1S/C10H13BrFN3O/c11-8-4-3-7(6-9(8)12)14-5-1-2-10(13)15-16/h3-4,6,14,16H,1-2,5H2,(H2,13,15). The molecule has 0 heterocycles. The van der Waals surface area contributed by atoms with Gasteiger partial charge in [0.15, 0.2) is 0 Å². The molecule has 4 nitrogen and oxygen atoms in total. The third-order valence-corrected chi connectivity index (χ3v) is 2.63. The number of hydrogen-bond acceptors (Lipinski definition) is 3. The van der Waals surface area contributed by atoms with Gasteiger partial charge in [0.1, 0.15) is 11.7 Å². The van der Waals surface area contributed by atoms with Gasteiger partial charge < -0.3 is 16.3 Å². The van der Waals surface area contributed by atoms with Gasteiger partial charge in [-0.2, -0.15) is 0 Å². The predicted octanol–water partition coefficient (Wildman–Crippen LogP) is 2.53. The molecular formula is C10H13BrFN3O. The largest absolute Gasteiger partial charge is 0.409 e. The van der Waals surface area contributed by atoms with E-state index >= 15 is 0 Å². The monoisotopic (exact) mass is 289 g/mol. The number of benzene rings is 1. The summed E-state index contributed by atoms with van der Waals surface area (Å²) in [4.78, 5) is 0. The Bertz CT molecular complexity index is 384. The van der Waals surface area contributed by atoms with Crippen LogP contribution in [-0.2, 0) is 0 Å². The van der Waals surface area contributed by atoms with Gasteiger partial charge in [0, 0.05) is 18.7 Å². The van der Waals surface area contributed by atoms with Gasteiger partial charge >= 0.3 is 0 Å². The average Bonchev–Trinajstić information content (AvgIpc) is 2.28. The van der Waals surface area contributed by atoms with Crippen LogP contribution in [0.2, 0.25) is 0 Å². The molecule has 1 rings (SSSR count). The quantitative estimate of drug-likeness (QED) is 0.256. The number of hydrogen-bond donors (Lipinski definition) is 3. The molecule has 0 fully saturated rings. The highest BCUT2D eigenvalue weighted by molar-refractivity contribution is 9.10. The fourth-order valence-corrected chi connectivity index (χ4v) is 1.40. The molecule has 0 aliphatic heterocycles. The first kappa shape index (κ1) is 12.8. The van der Waals surface area contributed by atoms with Crippen LogP contribution < -0.4 is 11.1 Å². The van der Waals surface area contributed by atoms with Crippen LogP contribution in [0.3, 0.4) is 0 Å². The summed E-state index contributed by atoms with van der Waals surface area (Å²) in [5.74, 6) is -0.106. The molecular weight excluding hydrogens is 277 g/mol. The van der Waals surface area contributed by atoms with Crippen molar-refractivity contribution < 1.29 is 9.60 Å². The van der Waals surface area contributed by atoms with Crippen LogP contribution in [0.15, 0.2) is 27.8 Å². The van der Waals surface area contributed by atoms with E-state index in [1.54, 1.807) is 12.1 Å². The van der Waals surface area contributed by atoms with Crippen molar-refractivity contribution in [2.75, 3.05) is 11.9 Å². The molecule has 16 heavy (non-hydrogen) atoms. The van der Waals surface area contributed by atoms with E-state index in [-0.39, 0.29) is 11.7 Å². The Balaban J connectivity index is 2.35. The predicted molar refractivity (Wildman–Crippen MR) is 65.2 cm³/mol. The molecule has 1 aromatic rings. The zero-order valence-electron chi connectivity index (χ0n) is 8.58. The van der Waals surface area contributed by atoms with E-state index < -0.39 is 0 Å². The van der Waals surface area contributed by atoms with Gasteiger partial charge in [-0.05, 0) is 40.5 Å². The Kier molecular flexibility index (Phi) is 5.04. The fraction of sp³-hybridized carbons (Fsp3) is 0.300. The van der Waals surface area contributed by atoms with E-state index in [4.69, 9.17) is 10.9 Å². The van der Waals surface area contributed by atoms with Crippen molar-refractivity contribution in [3.05, 3.63) is 28.5 Å². The number of halogens is 2. The molecule has 0 unspecified atom stereocenters. The lowest BCUT2D eigenvalue weighted by Crippen LogP contribution is -2.13. The SMILES string of the molecule is NC(CCCNc1ccc(Br)c(F)c1)=NO. The molecule has 0 saturated heterocycles. The second kappa shape index (κ2) is 6.32. The zero-order chi connectivity index (χ0) is 12.0. The molecule has 0 amide bonds. The minimum absolute atomic E-state index is 0.198. The van der Waals surface area contributed by atoms with Crippen molar-refractivity contribution in [1.82, 2.24) is 0 Å². The molecule has 0 saturated carbocycles. The minimum atomic E-state index is -0.304. The second-order valence-corrected chi connectivity index (χ2v) is 4.10. The highest BCUT2D eigenvalue weighted by Gasteiger charge is 2.00. The summed E-state index contributed by atoms with van der Waals surface area (Å²) in [5.41, 5.74) is 6.01. The van der Waals surface area contributed by atoms with E-state index in [0.29, 0.717) is 29.5 Å². The first-order chi connectivity index (χ1) is 7.63. The molecule has 0 atom stereocenters. The van der Waals surface area contributed by atoms with Crippen LogP contribution in [0, 0.1) is 5.82 Å². The Morgan fingerprint density at radius 3 is 2.94 bits per heavy atom. The molecule has 0 bridgehead atoms. The van der Waals surface area contributed by atoms with E-state index in [1.807, 2.05) is 0 Å². The van der Waals surface area contributed by atoms with Gasteiger partial charge in [-0.15, -0.1) is 0 Å². The molecule has 6 heteroatoms. The Labute approximate surface area is 101 Å². The first-order valence-corrected chi connectivity index (χ1v) is 5.58. The van der Waals surface area contributed by atoms with Gasteiger partial charge in [-0.25, -0.2) is 4.39 Å².